The van der Waals surface area contributed by atoms with E-state index in [-0.39, 0.29) is 20.8 Å². The minimum atomic E-state index is -3.94. The second-order valence-corrected chi connectivity index (χ2v) is 6.81. The van der Waals surface area contributed by atoms with Crippen molar-refractivity contribution in [2.75, 3.05) is 4.72 Å². The highest BCUT2D eigenvalue weighted by atomic mass is 35.5. The van der Waals surface area contributed by atoms with Crippen LogP contribution in [0.4, 0.5) is 5.82 Å². The van der Waals surface area contributed by atoms with Crippen molar-refractivity contribution >= 4 is 39.0 Å². The van der Waals surface area contributed by atoms with Crippen LogP contribution in [-0.2, 0) is 10.0 Å². The maximum Gasteiger partial charge on any atom is 0.264 e. The van der Waals surface area contributed by atoms with Crippen molar-refractivity contribution in [1.82, 2.24) is 19.7 Å². The molecule has 0 aliphatic carbocycles. The van der Waals surface area contributed by atoms with Gasteiger partial charge in [0.25, 0.3) is 10.0 Å². The SMILES string of the molecule is O=S(=O)(Nc1cc(-n2cccn2)ncn1)c1cccc(Cl)c1Cl. The Bertz CT molecular complexity index is 945. The molecule has 0 aliphatic rings. The molecule has 0 amide bonds. The van der Waals surface area contributed by atoms with Gasteiger partial charge in [0.15, 0.2) is 5.82 Å². The molecule has 0 saturated heterocycles. The summed E-state index contributed by atoms with van der Waals surface area (Å²) in [5, 5.41) is 4.11. The summed E-state index contributed by atoms with van der Waals surface area (Å²) < 4.78 is 28.7. The molecule has 0 spiro atoms. The van der Waals surface area contributed by atoms with Gasteiger partial charge in [0.05, 0.1) is 10.0 Å². The Kier molecular flexibility index (Phi) is 4.20. The van der Waals surface area contributed by atoms with E-state index >= 15 is 0 Å². The van der Waals surface area contributed by atoms with Gasteiger partial charge in [-0.2, -0.15) is 5.10 Å². The molecule has 0 radical (unpaired) electrons. The molecule has 23 heavy (non-hydrogen) atoms. The van der Waals surface area contributed by atoms with Gasteiger partial charge in [-0.3, -0.25) is 4.72 Å². The van der Waals surface area contributed by atoms with Crippen molar-refractivity contribution in [3.05, 3.63) is 59.1 Å². The first-order valence-electron chi connectivity index (χ1n) is 6.26. The summed E-state index contributed by atoms with van der Waals surface area (Å²) in [7, 11) is -3.94. The number of halogens is 2. The van der Waals surface area contributed by atoms with E-state index in [4.69, 9.17) is 23.2 Å². The van der Waals surface area contributed by atoms with Crippen molar-refractivity contribution in [2.45, 2.75) is 4.90 Å². The van der Waals surface area contributed by atoms with Crippen LogP contribution >= 0.6 is 23.2 Å². The highest BCUT2D eigenvalue weighted by Gasteiger charge is 2.20. The van der Waals surface area contributed by atoms with E-state index in [0.29, 0.717) is 5.82 Å². The molecule has 0 unspecified atom stereocenters. The maximum atomic E-state index is 12.4. The largest absolute Gasteiger partial charge is 0.264 e. The highest BCUT2D eigenvalue weighted by Crippen LogP contribution is 2.29. The van der Waals surface area contributed by atoms with Crippen molar-refractivity contribution in [3.8, 4) is 5.82 Å². The fourth-order valence-corrected chi connectivity index (χ4v) is 3.58. The summed E-state index contributed by atoms with van der Waals surface area (Å²) in [6, 6.07) is 7.52. The Hall–Kier alpha value is -2.16. The molecule has 10 heteroatoms. The van der Waals surface area contributed by atoms with Gasteiger partial charge in [0, 0.05) is 18.5 Å². The standard InChI is InChI=1S/C13H9Cl2N5O2S/c14-9-3-1-4-10(13(9)15)23(21,22)19-11-7-12(17-8-16-11)20-6-2-5-18-20/h1-8H,(H,16,17,19). The van der Waals surface area contributed by atoms with Crippen LogP contribution in [0.25, 0.3) is 5.82 Å². The fraction of sp³-hybridized carbons (Fsp3) is 0. The van der Waals surface area contributed by atoms with E-state index < -0.39 is 10.0 Å². The normalized spacial score (nSPS) is 11.4. The van der Waals surface area contributed by atoms with Crippen molar-refractivity contribution in [3.63, 3.8) is 0 Å². The smallest absolute Gasteiger partial charge is 0.263 e. The number of sulfonamides is 1. The summed E-state index contributed by atoms with van der Waals surface area (Å²) in [6.45, 7) is 0. The van der Waals surface area contributed by atoms with E-state index in [1.165, 1.54) is 35.3 Å². The molecule has 0 atom stereocenters. The Labute approximate surface area is 142 Å². The first-order valence-corrected chi connectivity index (χ1v) is 8.50. The van der Waals surface area contributed by atoms with Crippen molar-refractivity contribution in [2.24, 2.45) is 0 Å². The summed E-state index contributed by atoms with van der Waals surface area (Å²) in [5.41, 5.74) is 0. The summed E-state index contributed by atoms with van der Waals surface area (Å²) in [6.07, 6.45) is 4.49. The van der Waals surface area contributed by atoms with Crippen LogP contribution in [-0.4, -0.2) is 28.2 Å². The van der Waals surface area contributed by atoms with E-state index in [1.54, 1.807) is 18.5 Å². The molecular weight excluding hydrogens is 361 g/mol. The lowest BCUT2D eigenvalue weighted by Gasteiger charge is -2.10. The molecular formula is C13H9Cl2N5O2S. The molecule has 0 bridgehead atoms. The second kappa shape index (κ2) is 6.15. The van der Waals surface area contributed by atoms with Gasteiger partial charge < -0.3 is 0 Å². The number of nitrogens with one attached hydrogen (secondary N) is 1. The van der Waals surface area contributed by atoms with E-state index in [9.17, 15) is 8.42 Å². The molecule has 118 valence electrons. The van der Waals surface area contributed by atoms with Gasteiger partial charge in [-0.1, -0.05) is 29.3 Å². The average molecular weight is 370 g/mol. The van der Waals surface area contributed by atoms with Crippen LogP contribution in [0.15, 0.2) is 53.9 Å². The van der Waals surface area contributed by atoms with Crippen LogP contribution in [0.3, 0.4) is 0 Å². The maximum absolute atomic E-state index is 12.4. The topological polar surface area (TPSA) is 89.8 Å². The van der Waals surface area contributed by atoms with Gasteiger partial charge in [0.2, 0.25) is 0 Å². The molecule has 3 rings (SSSR count). The van der Waals surface area contributed by atoms with Crippen LogP contribution < -0.4 is 4.72 Å². The summed E-state index contributed by atoms with van der Waals surface area (Å²) in [5.74, 6) is 0.501. The number of hydrogen-bond acceptors (Lipinski definition) is 5. The number of rotatable bonds is 4. The van der Waals surface area contributed by atoms with Gasteiger partial charge in [-0.25, -0.2) is 23.1 Å². The molecule has 7 nitrogen and oxygen atoms in total. The second-order valence-electron chi connectivity index (χ2n) is 4.37. The third kappa shape index (κ3) is 3.29. The van der Waals surface area contributed by atoms with Crippen LogP contribution in [0.1, 0.15) is 0 Å². The zero-order chi connectivity index (χ0) is 16.4. The van der Waals surface area contributed by atoms with Crippen molar-refractivity contribution in [1.29, 1.82) is 0 Å². The van der Waals surface area contributed by atoms with E-state index in [2.05, 4.69) is 19.8 Å². The zero-order valence-electron chi connectivity index (χ0n) is 11.4. The average Bonchev–Trinajstić information content (AvgIpc) is 3.04. The van der Waals surface area contributed by atoms with Gasteiger partial charge in [-0.15, -0.1) is 0 Å². The zero-order valence-corrected chi connectivity index (χ0v) is 13.7. The summed E-state index contributed by atoms with van der Waals surface area (Å²) in [4.78, 5) is 7.78. The van der Waals surface area contributed by atoms with E-state index in [0.717, 1.165) is 0 Å². The Balaban J connectivity index is 1.95. The molecule has 2 aromatic heterocycles. The Morgan fingerprint density at radius 3 is 2.70 bits per heavy atom. The lowest BCUT2D eigenvalue weighted by molar-refractivity contribution is 0.601. The van der Waals surface area contributed by atoms with Gasteiger partial charge in [0.1, 0.15) is 17.0 Å². The quantitative estimate of drug-likeness (QED) is 0.763. The molecule has 3 aromatic rings. The summed E-state index contributed by atoms with van der Waals surface area (Å²) >= 11 is 11.8. The third-order valence-corrected chi connectivity index (χ3v) is 5.16. The molecule has 1 aromatic carbocycles. The molecule has 0 saturated carbocycles. The molecule has 1 N–H and O–H groups in total. The number of nitrogens with zero attached hydrogens (tertiary/aromatic N) is 4. The predicted molar refractivity (Wildman–Crippen MR) is 86.4 cm³/mol. The Morgan fingerprint density at radius 1 is 1.13 bits per heavy atom. The molecule has 0 fully saturated rings. The lowest BCUT2D eigenvalue weighted by Crippen LogP contribution is -2.15. The van der Waals surface area contributed by atoms with Gasteiger partial charge in [-0.05, 0) is 18.2 Å². The molecule has 0 aliphatic heterocycles. The van der Waals surface area contributed by atoms with Gasteiger partial charge >= 0.3 is 0 Å². The van der Waals surface area contributed by atoms with Crippen LogP contribution in [0.2, 0.25) is 10.0 Å². The third-order valence-electron chi connectivity index (χ3n) is 2.84. The fourth-order valence-electron chi connectivity index (χ4n) is 1.82. The van der Waals surface area contributed by atoms with Crippen LogP contribution in [0, 0.1) is 0 Å². The number of anilines is 1. The first kappa shape index (κ1) is 15.7. The lowest BCUT2D eigenvalue weighted by atomic mass is 10.4. The first-order chi connectivity index (χ1) is 11.0. The Morgan fingerprint density at radius 2 is 1.96 bits per heavy atom. The van der Waals surface area contributed by atoms with Crippen LogP contribution in [0.5, 0.6) is 0 Å². The minimum Gasteiger partial charge on any atom is -0.263 e. The minimum absolute atomic E-state index is 0.0528. The number of aromatic nitrogens is 4. The number of hydrogen-bond donors (Lipinski definition) is 1. The predicted octanol–water partition coefficient (Wildman–Crippen LogP) is 2.77. The highest BCUT2D eigenvalue weighted by molar-refractivity contribution is 7.92. The number of benzene rings is 1. The molecule has 2 heterocycles. The monoisotopic (exact) mass is 369 g/mol. The van der Waals surface area contributed by atoms with Crippen molar-refractivity contribution < 1.29 is 8.42 Å². The van der Waals surface area contributed by atoms with E-state index in [1.807, 2.05) is 0 Å².